The van der Waals surface area contributed by atoms with Gasteiger partial charge in [-0.05, 0) is 41.8 Å². The van der Waals surface area contributed by atoms with E-state index in [2.05, 4.69) is 6.07 Å². The van der Waals surface area contributed by atoms with E-state index in [9.17, 15) is 9.90 Å². The molecule has 0 aromatic heterocycles. The van der Waals surface area contributed by atoms with Crippen LogP contribution in [-0.4, -0.2) is 10.9 Å². The van der Waals surface area contributed by atoms with Gasteiger partial charge in [-0.3, -0.25) is 4.79 Å². The molecule has 0 saturated carbocycles. The van der Waals surface area contributed by atoms with Gasteiger partial charge in [0.2, 0.25) is 0 Å². The number of rotatable bonds is 3. The largest absolute Gasteiger partial charge is 0.507 e. The molecule has 0 aliphatic carbocycles. The van der Waals surface area contributed by atoms with Gasteiger partial charge in [0, 0.05) is 5.56 Å². The summed E-state index contributed by atoms with van der Waals surface area (Å²) in [6, 6.07) is 21.5. The summed E-state index contributed by atoms with van der Waals surface area (Å²) in [4.78, 5) is 12.6. The Morgan fingerprint density at radius 1 is 0.958 bits per heavy atom. The van der Waals surface area contributed by atoms with Gasteiger partial charge in [-0.15, -0.1) is 0 Å². The van der Waals surface area contributed by atoms with Crippen LogP contribution < -0.4 is 0 Å². The molecular formula is C21H15NO2. The van der Waals surface area contributed by atoms with Crippen LogP contribution in [0.1, 0.15) is 27.0 Å². The van der Waals surface area contributed by atoms with E-state index in [1.807, 2.05) is 31.2 Å². The predicted octanol–water partition coefficient (Wildman–Crippen LogP) is 4.47. The highest BCUT2D eigenvalue weighted by Gasteiger charge is 2.17. The summed E-state index contributed by atoms with van der Waals surface area (Å²) in [5, 5.41) is 19.3. The molecule has 3 aromatic rings. The maximum Gasteiger partial charge on any atom is 0.197 e. The first-order valence-electron chi connectivity index (χ1n) is 7.54. The van der Waals surface area contributed by atoms with E-state index in [4.69, 9.17) is 5.26 Å². The predicted molar refractivity (Wildman–Crippen MR) is 92.9 cm³/mol. The summed E-state index contributed by atoms with van der Waals surface area (Å²) in [5.41, 5.74) is 3.84. The molecule has 3 aromatic carbocycles. The maximum atomic E-state index is 12.6. The fourth-order valence-corrected chi connectivity index (χ4v) is 2.70. The third-order valence-corrected chi connectivity index (χ3v) is 3.93. The SMILES string of the molecule is Cc1cc(-c2ccc(C#N)cc2)cc(O)c1C(=O)c1ccccc1. The highest BCUT2D eigenvalue weighted by atomic mass is 16.3. The Hall–Kier alpha value is -3.38. The number of aryl methyl sites for hydroxylation is 1. The number of benzene rings is 3. The summed E-state index contributed by atoms with van der Waals surface area (Å²) < 4.78 is 0. The smallest absolute Gasteiger partial charge is 0.197 e. The zero-order valence-corrected chi connectivity index (χ0v) is 13.2. The van der Waals surface area contributed by atoms with E-state index >= 15 is 0 Å². The van der Waals surface area contributed by atoms with E-state index in [1.54, 1.807) is 42.5 Å². The number of ketones is 1. The van der Waals surface area contributed by atoms with Crippen molar-refractivity contribution in [3.8, 4) is 22.9 Å². The van der Waals surface area contributed by atoms with Crippen LogP contribution in [0.5, 0.6) is 5.75 Å². The summed E-state index contributed by atoms with van der Waals surface area (Å²) in [5.74, 6) is -0.236. The average molecular weight is 313 g/mol. The normalized spacial score (nSPS) is 10.2. The number of aromatic hydroxyl groups is 1. The highest BCUT2D eigenvalue weighted by Crippen LogP contribution is 2.31. The van der Waals surface area contributed by atoms with Crippen molar-refractivity contribution in [2.45, 2.75) is 6.92 Å². The Morgan fingerprint density at radius 3 is 2.21 bits per heavy atom. The number of hydrogen-bond acceptors (Lipinski definition) is 3. The van der Waals surface area contributed by atoms with Crippen LogP contribution >= 0.6 is 0 Å². The second-order valence-corrected chi connectivity index (χ2v) is 5.57. The molecule has 1 N–H and O–H groups in total. The van der Waals surface area contributed by atoms with Crippen molar-refractivity contribution in [3.05, 3.63) is 89.0 Å². The number of phenols is 1. The summed E-state index contributed by atoms with van der Waals surface area (Å²) in [6.07, 6.45) is 0. The Morgan fingerprint density at radius 2 is 1.62 bits per heavy atom. The van der Waals surface area contributed by atoms with Crippen molar-refractivity contribution < 1.29 is 9.90 Å². The number of carbonyl (C=O) groups excluding carboxylic acids is 1. The second-order valence-electron chi connectivity index (χ2n) is 5.57. The molecule has 0 heterocycles. The van der Waals surface area contributed by atoms with Crippen molar-refractivity contribution in [2.24, 2.45) is 0 Å². The van der Waals surface area contributed by atoms with E-state index < -0.39 is 0 Å². The Labute approximate surface area is 140 Å². The monoisotopic (exact) mass is 313 g/mol. The van der Waals surface area contributed by atoms with Crippen LogP contribution in [0, 0.1) is 18.3 Å². The molecule has 3 nitrogen and oxygen atoms in total. The molecule has 0 aliphatic heterocycles. The first kappa shape index (κ1) is 15.5. The molecule has 0 fully saturated rings. The van der Waals surface area contributed by atoms with Gasteiger partial charge in [-0.1, -0.05) is 48.5 Å². The van der Waals surface area contributed by atoms with E-state index in [1.165, 1.54) is 0 Å². The Bertz CT molecular complexity index is 913. The minimum Gasteiger partial charge on any atom is -0.507 e. The first-order chi connectivity index (χ1) is 11.6. The third kappa shape index (κ3) is 2.90. The van der Waals surface area contributed by atoms with Gasteiger partial charge in [0.1, 0.15) is 5.75 Å². The first-order valence-corrected chi connectivity index (χ1v) is 7.54. The van der Waals surface area contributed by atoms with E-state index in [-0.39, 0.29) is 11.5 Å². The number of phenolic OH excluding ortho intramolecular Hbond substituents is 1. The van der Waals surface area contributed by atoms with Crippen molar-refractivity contribution in [2.75, 3.05) is 0 Å². The lowest BCUT2D eigenvalue weighted by molar-refractivity contribution is 0.103. The maximum absolute atomic E-state index is 12.6. The van der Waals surface area contributed by atoms with Crippen molar-refractivity contribution in [3.63, 3.8) is 0 Å². The second kappa shape index (κ2) is 6.39. The minimum absolute atomic E-state index is 0.0387. The van der Waals surface area contributed by atoms with Crippen molar-refractivity contribution >= 4 is 5.78 Å². The van der Waals surface area contributed by atoms with Crippen LogP contribution in [0.25, 0.3) is 11.1 Å². The van der Waals surface area contributed by atoms with Crippen molar-refractivity contribution in [1.29, 1.82) is 5.26 Å². The number of nitriles is 1. The molecule has 0 amide bonds. The molecule has 0 bridgehead atoms. The number of nitrogens with zero attached hydrogens (tertiary/aromatic N) is 1. The van der Waals surface area contributed by atoms with Crippen LogP contribution in [0.3, 0.4) is 0 Å². The minimum atomic E-state index is -0.197. The fraction of sp³-hybridized carbons (Fsp3) is 0.0476. The summed E-state index contributed by atoms with van der Waals surface area (Å²) >= 11 is 0. The van der Waals surface area contributed by atoms with Gasteiger partial charge in [-0.2, -0.15) is 5.26 Å². The standard InChI is InChI=1S/C21H15NO2/c1-14-11-18(16-9-7-15(13-22)8-10-16)12-19(23)20(14)21(24)17-5-3-2-4-6-17/h2-12,23H,1H3. The summed E-state index contributed by atoms with van der Waals surface area (Å²) in [6.45, 7) is 1.81. The van der Waals surface area contributed by atoms with Gasteiger partial charge in [0.15, 0.2) is 5.78 Å². The van der Waals surface area contributed by atoms with Gasteiger partial charge in [-0.25, -0.2) is 0 Å². The zero-order valence-electron chi connectivity index (χ0n) is 13.2. The third-order valence-electron chi connectivity index (χ3n) is 3.93. The van der Waals surface area contributed by atoms with Gasteiger partial charge in [0.25, 0.3) is 0 Å². The lowest BCUT2D eigenvalue weighted by Gasteiger charge is -2.11. The summed E-state index contributed by atoms with van der Waals surface area (Å²) in [7, 11) is 0. The number of carbonyl (C=O) groups is 1. The molecule has 0 atom stereocenters. The average Bonchev–Trinajstić information content (AvgIpc) is 2.61. The lowest BCUT2D eigenvalue weighted by atomic mass is 9.94. The van der Waals surface area contributed by atoms with Crippen LogP contribution in [-0.2, 0) is 0 Å². The molecular weight excluding hydrogens is 298 g/mol. The Balaban J connectivity index is 2.03. The Kier molecular flexibility index (Phi) is 4.13. The molecule has 116 valence electrons. The molecule has 0 saturated heterocycles. The van der Waals surface area contributed by atoms with E-state index in [0.717, 1.165) is 11.1 Å². The van der Waals surface area contributed by atoms with Crippen LogP contribution in [0.2, 0.25) is 0 Å². The van der Waals surface area contributed by atoms with E-state index in [0.29, 0.717) is 22.3 Å². The van der Waals surface area contributed by atoms with Crippen LogP contribution in [0.15, 0.2) is 66.7 Å². The molecule has 3 heteroatoms. The molecule has 0 spiro atoms. The van der Waals surface area contributed by atoms with Gasteiger partial charge in [0.05, 0.1) is 17.2 Å². The number of hydrogen-bond donors (Lipinski definition) is 1. The highest BCUT2D eigenvalue weighted by molar-refractivity contribution is 6.11. The topological polar surface area (TPSA) is 61.1 Å². The fourth-order valence-electron chi connectivity index (χ4n) is 2.70. The van der Waals surface area contributed by atoms with Gasteiger partial charge >= 0.3 is 0 Å². The molecule has 0 radical (unpaired) electrons. The molecule has 24 heavy (non-hydrogen) atoms. The molecule has 3 rings (SSSR count). The molecule has 0 unspecified atom stereocenters. The quantitative estimate of drug-likeness (QED) is 0.726. The zero-order chi connectivity index (χ0) is 17.1. The molecule has 0 aliphatic rings. The van der Waals surface area contributed by atoms with Crippen molar-refractivity contribution in [1.82, 2.24) is 0 Å². The lowest BCUT2D eigenvalue weighted by Crippen LogP contribution is -2.04. The van der Waals surface area contributed by atoms with Crippen LogP contribution in [0.4, 0.5) is 0 Å². The van der Waals surface area contributed by atoms with Gasteiger partial charge < -0.3 is 5.11 Å².